The van der Waals surface area contributed by atoms with Crippen molar-refractivity contribution in [1.29, 1.82) is 0 Å². The summed E-state index contributed by atoms with van der Waals surface area (Å²) in [5.74, 6) is -1.78. The lowest BCUT2D eigenvalue weighted by molar-refractivity contribution is -0.384. The number of nitro benzene ring substituents is 1. The van der Waals surface area contributed by atoms with Crippen LogP contribution in [-0.2, 0) is 9.53 Å². The van der Waals surface area contributed by atoms with Gasteiger partial charge in [0.1, 0.15) is 5.82 Å². The Morgan fingerprint density at radius 3 is 2.53 bits per heavy atom. The summed E-state index contributed by atoms with van der Waals surface area (Å²) >= 11 is 0. The first-order valence-electron chi connectivity index (χ1n) is 9.77. The highest BCUT2D eigenvalue weighted by molar-refractivity contribution is 5.97. The van der Waals surface area contributed by atoms with Gasteiger partial charge in [-0.2, -0.15) is 5.10 Å². The van der Waals surface area contributed by atoms with Crippen LogP contribution in [0.2, 0.25) is 0 Å². The molecule has 0 aliphatic heterocycles. The van der Waals surface area contributed by atoms with Crippen molar-refractivity contribution in [2.45, 2.75) is 26.8 Å². The molecule has 1 amide bonds. The maximum absolute atomic E-state index is 13.3. The van der Waals surface area contributed by atoms with Gasteiger partial charge >= 0.3 is 5.97 Å². The number of carbonyl (C=O) groups is 2. The van der Waals surface area contributed by atoms with E-state index in [1.807, 2.05) is 0 Å². The second kappa shape index (κ2) is 9.38. The molecule has 0 radical (unpaired) electrons. The van der Waals surface area contributed by atoms with Crippen LogP contribution in [0.1, 0.15) is 40.3 Å². The maximum atomic E-state index is 13.3. The van der Waals surface area contributed by atoms with Crippen LogP contribution in [0.5, 0.6) is 0 Å². The van der Waals surface area contributed by atoms with Gasteiger partial charge < -0.3 is 10.1 Å². The Morgan fingerprint density at radius 2 is 1.91 bits per heavy atom. The van der Waals surface area contributed by atoms with Crippen LogP contribution in [0.25, 0.3) is 5.69 Å². The molecule has 1 N–H and O–H groups in total. The van der Waals surface area contributed by atoms with E-state index in [2.05, 4.69) is 10.4 Å². The first kappa shape index (κ1) is 22.6. The van der Waals surface area contributed by atoms with Gasteiger partial charge in [-0.1, -0.05) is 6.07 Å². The van der Waals surface area contributed by atoms with Crippen molar-refractivity contribution in [2.75, 3.05) is 6.61 Å². The highest BCUT2D eigenvalue weighted by Gasteiger charge is 2.31. The summed E-state index contributed by atoms with van der Waals surface area (Å²) in [5.41, 5.74) is 1.78. The van der Waals surface area contributed by atoms with Gasteiger partial charge in [-0.05, 0) is 51.1 Å². The third-order valence-corrected chi connectivity index (χ3v) is 4.82. The van der Waals surface area contributed by atoms with Crippen LogP contribution in [0.3, 0.4) is 0 Å². The number of nitro groups is 1. The quantitative estimate of drug-likeness (QED) is 0.341. The summed E-state index contributed by atoms with van der Waals surface area (Å²) in [6.45, 7) is 5.11. The summed E-state index contributed by atoms with van der Waals surface area (Å²) in [6.07, 6.45) is 0. The molecule has 32 heavy (non-hydrogen) atoms. The smallest absolute Gasteiger partial charge is 0.333 e. The minimum absolute atomic E-state index is 0.0229. The Morgan fingerprint density at radius 1 is 1.22 bits per heavy atom. The molecular formula is C22H21FN4O5. The number of hydrogen-bond donors (Lipinski definition) is 1. The second-order valence-corrected chi connectivity index (χ2v) is 6.94. The summed E-state index contributed by atoms with van der Waals surface area (Å²) in [6, 6.07) is 9.65. The molecule has 1 heterocycles. The van der Waals surface area contributed by atoms with Crippen molar-refractivity contribution in [3.05, 3.63) is 87.0 Å². The molecular weight excluding hydrogens is 419 g/mol. The van der Waals surface area contributed by atoms with E-state index in [1.165, 1.54) is 35.0 Å². The Hall–Kier alpha value is -4.08. The predicted molar refractivity (Wildman–Crippen MR) is 113 cm³/mol. The standard InChI is InChI=1S/C22H21FN4O5/c1-4-32-22(29)20(24-21(28)15-6-5-7-18(12-15)27(30)31)19-13(2)25-26(14(19)3)17-10-8-16(23)9-11-17/h5-12,20H,4H2,1-3H3,(H,24,28). The highest BCUT2D eigenvalue weighted by atomic mass is 19.1. The average Bonchev–Trinajstić information content (AvgIpc) is 3.06. The molecule has 166 valence electrons. The van der Waals surface area contributed by atoms with E-state index in [1.54, 1.807) is 32.9 Å². The summed E-state index contributed by atoms with van der Waals surface area (Å²) < 4.78 is 20.0. The Kier molecular flexibility index (Phi) is 6.62. The maximum Gasteiger partial charge on any atom is 0.333 e. The molecule has 2 aromatic carbocycles. The fourth-order valence-corrected chi connectivity index (χ4v) is 3.36. The fraction of sp³-hybridized carbons (Fsp3) is 0.227. The number of halogens is 1. The molecule has 3 aromatic rings. The summed E-state index contributed by atoms with van der Waals surface area (Å²) in [5, 5.41) is 18.1. The lowest BCUT2D eigenvalue weighted by Crippen LogP contribution is -2.35. The topological polar surface area (TPSA) is 116 Å². The van der Waals surface area contributed by atoms with Crippen molar-refractivity contribution < 1.29 is 23.6 Å². The van der Waals surface area contributed by atoms with Gasteiger partial charge in [-0.3, -0.25) is 14.9 Å². The number of aromatic nitrogens is 2. The number of rotatable bonds is 7. The predicted octanol–water partition coefficient (Wildman–Crippen LogP) is 3.57. The van der Waals surface area contributed by atoms with E-state index < -0.39 is 28.7 Å². The van der Waals surface area contributed by atoms with E-state index in [-0.39, 0.29) is 17.9 Å². The monoisotopic (exact) mass is 440 g/mol. The Balaban J connectivity index is 2.00. The SMILES string of the molecule is CCOC(=O)C(NC(=O)c1cccc([N+](=O)[O-])c1)c1c(C)nn(-c2ccc(F)cc2)c1C. The third kappa shape index (κ3) is 4.64. The second-order valence-electron chi connectivity index (χ2n) is 6.94. The van der Waals surface area contributed by atoms with Crippen LogP contribution < -0.4 is 5.32 Å². The number of nitrogens with one attached hydrogen (secondary N) is 1. The van der Waals surface area contributed by atoms with Crippen molar-refractivity contribution in [3.63, 3.8) is 0 Å². The third-order valence-electron chi connectivity index (χ3n) is 4.82. The molecule has 0 spiro atoms. The van der Waals surface area contributed by atoms with E-state index in [9.17, 15) is 24.1 Å². The van der Waals surface area contributed by atoms with Crippen molar-refractivity contribution in [1.82, 2.24) is 15.1 Å². The normalized spacial score (nSPS) is 11.6. The van der Waals surface area contributed by atoms with E-state index >= 15 is 0 Å². The first-order valence-corrected chi connectivity index (χ1v) is 9.77. The number of amides is 1. The van der Waals surface area contributed by atoms with Crippen LogP contribution in [0.4, 0.5) is 10.1 Å². The van der Waals surface area contributed by atoms with Gasteiger partial charge in [0, 0.05) is 29.0 Å². The number of carbonyl (C=O) groups excluding carboxylic acids is 2. The summed E-state index contributed by atoms with van der Waals surface area (Å²) in [4.78, 5) is 36.0. The van der Waals surface area contributed by atoms with Gasteiger partial charge in [-0.25, -0.2) is 13.9 Å². The number of hydrogen-bond acceptors (Lipinski definition) is 6. The largest absolute Gasteiger partial charge is 0.464 e. The van der Waals surface area contributed by atoms with E-state index in [0.717, 1.165) is 6.07 Å². The number of benzene rings is 2. The van der Waals surface area contributed by atoms with E-state index in [4.69, 9.17) is 4.74 Å². The van der Waals surface area contributed by atoms with Gasteiger partial charge in [-0.15, -0.1) is 0 Å². The molecule has 0 bridgehead atoms. The molecule has 0 saturated heterocycles. The lowest BCUT2D eigenvalue weighted by Gasteiger charge is -2.18. The van der Waals surface area contributed by atoms with Gasteiger partial charge in [0.2, 0.25) is 0 Å². The summed E-state index contributed by atoms with van der Waals surface area (Å²) in [7, 11) is 0. The molecule has 1 unspecified atom stereocenters. The number of ether oxygens (including phenoxy) is 1. The van der Waals surface area contributed by atoms with Crippen molar-refractivity contribution in [3.8, 4) is 5.69 Å². The molecule has 0 aliphatic carbocycles. The number of aryl methyl sites for hydroxylation is 1. The first-order chi connectivity index (χ1) is 15.2. The molecule has 10 heteroatoms. The van der Waals surface area contributed by atoms with Crippen molar-refractivity contribution in [2.24, 2.45) is 0 Å². The minimum Gasteiger partial charge on any atom is -0.464 e. The molecule has 1 atom stereocenters. The van der Waals surface area contributed by atoms with Gasteiger partial charge in [0.25, 0.3) is 11.6 Å². The van der Waals surface area contributed by atoms with Crippen LogP contribution in [0.15, 0.2) is 48.5 Å². The average molecular weight is 440 g/mol. The van der Waals surface area contributed by atoms with Crippen molar-refractivity contribution >= 4 is 17.6 Å². The Labute approximate surface area is 183 Å². The fourth-order valence-electron chi connectivity index (χ4n) is 3.36. The zero-order valence-corrected chi connectivity index (χ0v) is 17.7. The molecule has 9 nitrogen and oxygen atoms in total. The number of esters is 1. The van der Waals surface area contributed by atoms with E-state index in [0.29, 0.717) is 22.6 Å². The zero-order valence-electron chi connectivity index (χ0n) is 17.7. The number of nitrogens with zero attached hydrogens (tertiary/aromatic N) is 3. The van der Waals surface area contributed by atoms with Crippen LogP contribution in [0, 0.1) is 29.8 Å². The van der Waals surface area contributed by atoms with Gasteiger partial charge in [0.15, 0.2) is 6.04 Å². The molecule has 1 aromatic heterocycles. The Bertz CT molecular complexity index is 1170. The zero-order chi connectivity index (χ0) is 23.4. The minimum atomic E-state index is -1.20. The molecule has 0 fully saturated rings. The molecule has 0 aliphatic rings. The lowest BCUT2D eigenvalue weighted by atomic mass is 10.0. The molecule has 3 rings (SSSR count). The van der Waals surface area contributed by atoms with Gasteiger partial charge in [0.05, 0.1) is 22.9 Å². The number of non-ortho nitro benzene ring substituents is 1. The van der Waals surface area contributed by atoms with Crippen LogP contribution in [-0.4, -0.2) is 33.2 Å². The highest BCUT2D eigenvalue weighted by Crippen LogP contribution is 2.26. The molecule has 0 saturated carbocycles. The van der Waals surface area contributed by atoms with Crippen LogP contribution >= 0.6 is 0 Å².